The third-order valence-electron chi connectivity index (χ3n) is 6.40. The van der Waals surface area contributed by atoms with Gasteiger partial charge in [0.25, 0.3) is 5.91 Å². The van der Waals surface area contributed by atoms with Crippen molar-refractivity contribution in [1.82, 2.24) is 10.2 Å². The van der Waals surface area contributed by atoms with Crippen LogP contribution < -0.4 is 5.32 Å². The number of nitrogens with zero attached hydrogens (tertiary/aromatic N) is 1. The maximum atomic E-state index is 13.4. The van der Waals surface area contributed by atoms with E-state index in [2.05, 4.69) is 12.2 Å². The number of carbonyl (C=O) groups is 2. The number of benzene rings is 1. The van der Waals surface area contributed by atoms with Gasteiger partial charge in [-0.2, -0.15) is 0 Å². The van der Waals surface area contributed by atoms with E-state index in [1.54, 1.807) is 0 Å². The molecule has 1 saturated carbocycles. The van der Waals surface area contributed by atoms with Gasteiger partial charge in [0, 0.05) is 13.2 Å². The van der Waals surface area contributed by atoms with Gasteiger partial charge in [-0.3, -0.25) is 9.69 Å². The fourth-order valence-electron chi connectivity index (χ4n) is 4.67. The Balaban J connectivity index is 1.62. The summed E-state index contributed by atoms with van der Waals surface area (Å²) in [5.41, 5.74) is 0.354. The van der Waals surface area contributed by atoms with E-state index in [1.807, 2.05) is 30.3 Å². The predicted octanol–water partition coefficient (Wildman–Crippen LogP) is 3.66. The first-order valence-corrected chi connectivity index (χ1v) is 9.87. The van der Waals surface area contributed by atoms with E-state index in [-0.39, 0.29) is 18.0 Å². The molecule has 0 bridgehead atoms. The highest BCUT2D eigenvalue weighted by Gasteiger charge is 2.54. The normalized spacial score (nSPS) is 32.9. The maximum Gasteiger partial charge on any atom is 0.325 e. The van der Waals surface area contributed by atoms with Crippen molar-refractivity contribution in [2.24, 2.45) is 11.8 Å². The zero-order valence-corrected chi connectivity index (χ0v) is 15.4. The van der Waals surface area contributed by atoms with Crippen LogP contribution in [-0.4, -0.2) is 35.6 Å². The van der Waals surface area contributed by atoms with Crippen molar-refractivity contribution in [3.63, 3.8) is 0 Å². The molecule has 5 nitrogen and oxygen atoms in total. The lowest BCUT2D eigenvalue weighted by Gasteiger charge is -2.34. The summed E-state index contributed by atoms with van der Waals surface area (Å²) in [6.07, 6.45) is 5.26. The van der Waals surface area contributed by atoms with Crippen LogP contribution in [0, 0.1) is 11.8 Å². The van der Waals surface area contributed by atoms with Gasteiger partial charge in [-0.15, -0.1) is 0 Å². The van der Waals surface area contributed by atoms with Gasteiger partial charge in [-0.25, -0.2) is 4.79 Å². The molecule has 2 saturated heterocycles. The zero-order chi connectivity index (χ0) is 18.1. The third kappa shape index (κ3) is 3.13. The summed E-state index contributed by atoms with van der Waals surface area (Å²) in [6.45, 7) is 3.71. The molecule has 140 valence electrons. The summed E-state index contributed by atoms with van der Waals surface area (Å²) >= 11 is 0. The first kappa shape index (κ1) is 17.5. The smallest absolute Gasteiger partial charge is 0.325 e. The van der Waals surface area contributed by atoms with Crippen LogP contribution in [0.5, 0.6) is 0 Å². The van der Waals surface area contributed by atoms with Crippen LogP contribution in [0.15, 0.2) is 30.3 Å². The molecule has 1 aromatic carbocycles. The Morgan fingerprint density at radius 1 is 1.19 bits per heavy atom. The van der Waals surface area contributed by atoms with Crippen molar-refractivity contribution in [3.8, 4) is 0 Å². The molecular weight excluding hydrogens is 328 g/mol. The molecule has 0 aromatic heterocycles. The lowest BCUT2D eigenvalue weighted by molar-refractivity contribution is -0.134. The molecule has 3 amide bonds. The van der Waals surface area contributed by atoms with Crippen molar-refractivity contribution >= 4 is 11.9 Å². The van der Waals surface area contributed by atoms with Gasteiger partial charge in [0.2, 0.25) is 0 Å². The molecule has 26 heavy (non-hydrogen) atoms. The van der Waals surface area contributed by atoms with Gasteiger partial charge in [-0.05, 0) is 55.9 Å². The number of amides is 3. The Kier molecular flexibility index (Phi) is 4.74. The molecule has 2 atom stereocenters. The SMILES string of the molecule is CC1CCC2(CC1)NC(=O)N(C(CC1CCOC1)c1ccccc1)C2=O. The van der Waals surface area contributed by atoms with Crippen LogP contribution in [0.1, 0.15) is 57.1 Å². The van der Waals surface area contributed by atoms with Crippen LogP contribution in [-0.2, 0) is 9.53 Å². The number of hydrogen-bond donors (Lipinski definition) is 1. The highest BCUT2D eigenvalue weighted by Crippen LogP contribution is 2.41. The highest BCUT2D eigenvalue weighted by molar-refractivity contribution is 6.07. The van der Waals surface area contributed by atoms with E-state index in [4.69, 9.17) is 4.74 Å². The van der Waals surface area contributed by atoms with E-state index in [1.165, 1.54) is 4.90 Å². The maximum absolute atomic E-state index is 13.4. The minimum atomic E-state index is -0.678. The second kappa shape index (κ2) is 7.03. The average molecular weight is 356 g/mol. The van der Waals surface area contributed by atoms with Crippen LogP contribution in [0.2, 0.25) is 0 Å². The van der Waals surface area contributed by atoms with Crippen LogP contribution in [0.4, 0.5) is 4.79 Å². The van der Waals surface area contributed by atoms with Crippen LogP contribution in [0.3, 0.4) is 0 Å². The zero-order valence-electron chi connectivity index (χ0n) is 15.4. The van der Waals surface area contributed by atoms with Crippen molar-refractivity contribution in [2.75, 3.05) is 13.2 Å². The van der Waals surface area contributed by atoms with E-state index in [9.17, 15) is 9.59 Å². The van der Waals surface area contributed by atoms with Crippen molar-refractivity contribution < 1.29 is 14.3 Å². The van der Waals surface area contributed by atoms with E-state index in [0.29, 0.717) is 11.8 Å². The molecule has 4 rings (SSSR count). The summed E-state index contributed by atoms with van der Waals surface area (Å²) in [6, 6.07) is 9.53. The lowest BCUT2D eigenvalue weighted by atomic mass is 9.77. The van der Waals surface area contributed by atoms with E-state index >= 15 is 0 Å². The first-order chi connectivity index (χ1) is 12.6. The largest absolute Gasteiger partial charge is 0.381 e. The van der Waals surface area contributed by atoms with Crippen molar-refractivity contribution in [1.29, 1.82) is 0 Å². The summed E-state index contributed by atoms with van der Waals surface area (Å²) in [5, 5.41) is 3.07. The summed E-state index contributed by atoms with van der Waals surface area (Å²) in [4.78, 5) is 27.8. The number of hydrogen-bond acceptors (Lipinski definition) is 3. The summed E-state index contributed by atoms with van der Waals surface area (Å²) in [5.74, 6) is 0.992. The van der Waals surface area contributed by atoms with E-state index in [0.717, 1.165) is 57.3 Å². The van der Waals surface area contributed by atoms with E-state index < -0.39 is 5.54 Å². The minimum Gasteiger partial charge on any atom is -0.381 e. The second-order valence-electron chi connectivity index (χ2n) is 8.26. The lowest BCUT2D eigenvalue weighted by Crippen LogP contribution is -2.49. The third-order valence-corrected chi connectivity index (χ3v) is 6.40. The number of urea groups is 1. The molecule has 3 aliphatic rings. The number of nitrogens with one attached hydrogen (secondary N) is 1. The Bertz CT molecular complexity index is 661. The highest BCUT2D eigenvalue weighted by atomic mass is 16.5. The monoisotopic (exact) mass is 356 g/mol. The van der Waals surface area contributed by atoms with Crippen LogP contribution in [0.25, 0.3) is 0 Å². The molecule has 5 heteroatoms. The molecule has 1 N–H and O–H groups in total. The topological polar surface area (TPSA) is 58.6 Å². The Morgan fingerprint density at radius 3 is 2.58 bits per heavy atom. The van der Waals surface area contributed by atoms with Gasteiger partial charge < -0.3 is 10.1 Å². The molecule has 1 spiro atoms. The number of carbonyl (C=O) groups excluding carboxylic acids is 2. The molecule has 0 radical (unpaired) electrons. The average Bonchev–Trinajstić information content (AvgIpc) is 3.24. The quantitative estimate of drug-likeness (QED) is 0.838. The minimum absolute atomic E-state index is 0.0258. The predicted molar refractivity (Wildman–Crippen MR) is 98.5 cm³/mol. The Labute approximate surface area is 155 Å². The molecule has 1 aliphatic carbocycles. The van der Waals surface area contributed by atoms with Crippen LogP contribution >= 0.6 is 0 Å². The summed E-state index contributed by atoms with van der Waals surface area (Å²) in [7, 11) is 0. The number of rotatable bonds is 4. The van der Waals surface area contributed by atoms with Gasteiger partial charge in [-0.1, -0.05) is 37.3 Å². The fraction of sp³-hybridized carbons (Fsp3) is 0.619. The molecular formula is C21H28N2O3. The standard InChI is InChI=1S/C21H28N2O3/c1-15-7-10-21(11-8-15)19(24)23(20(25)22-21)18(13-16-9-12-26-14-16)17-5-3-2-4-6-17/h2-6,15-16,18H,7-14H2,1H3,(H,22,25). The molecule has 2 heterocycles. The number of ether oxygens (including phenoxy) is 1. The van der Waals surface area contributed by atoms with Crippen molar-refractivity contribution in [3.05, 3.63) is 35.9 Å². The summed E-state index contributed by atoms with van der Waals surface area (Å²) < 4.78 is 5.53. The Morgan fingerprint density at radius 2 is 1.92 bits per heavy atom. The number of imide groups is 1. The fourth-order valence-corrected chi connectivity index (χ4v) is 4.67. The van der Waals surface area contributed by atoms with Crippen molar-refractivity contribution in [2.45, 2.75) is 57.0 Å². The van der Waals surface area contributed by atoms with Gasteiger partial charge in [0.15, 0.2) is 0 Å². The van der Waals surface area contributed by atoms with Gasteiger partial charge in [0.1, 0.15) is 5.54 Å². The molecule has 2 aliphatic heterocycles. The second-order valence-corrected chi connectivity index (χ2v) is 8.26. The molecule has 1 aromatic rings. The first-order valence-electron chi connectivity index (χ1n) is 9.87. The molecule has 2 unspecified atom stereocenters. The Hall–Kier alpha value is -1.88. The van der Waals surface area contributed by atoms with Gasteiger partial charge >= 0.3 is 6.03 Å². The molecule has 3 fully saturated rings. The van der Waals surface area contributed by atoms with Gasteiger partial charge in [0.05, 0.1) is 6.04 Å².